The molecule has 0 aromatic heterocycles. The van der Waals surface area contributed by atoms with Crippen LogP contribution >= 0.6 is 0 Å². The van der Waals surface area contributed by atoms with Crippen LogP contribution in [0.25, 0.3) is 0 Å². The van der Waals surface area contributed by atoms with Gasteiger partial charge in [0.1, 0.15) is 0 Å². The topological polar surface area (TPSA) is 34.1 Å². The van der Waals surface area contributed by atoms with Crippen LogP contribution in [0.15, 0.2) is 34.9 Å². The zero-order chi connectivity index (χ0) is 12.1. The SMILES string of the molecule is CCC/C=C/CC1=C(C)C(=O)C=C(C)C1=O. The van der Waals surface area contributed by atoms with Gasteiger partial charge in [-0.05, 0) is 32.8 Å². The van der Waals surface area contributed by atoms with Crippen LogP contribution in [0.5, 0.6) is 0 Å². The molecule has 0 N–H and O–H groups in total. The number of Topliss-reactive ketones (excluding diaryl/α,β-unsaturated/α-hetero) is 1. The van der Waals surface area contributed by atoms with E-state index in [2.05, 4.69) is 13.0 Å². The number of rotatable bonds is 4. The van der Waals surface area contributed by atoms with Crippen LogP contribution < -0.4 is 0 Å². The van der Waals surface area contributed by atoms with E-state index in [-0.39, 0.29) is 11.6 Å². The van der Waals surface area contributed by atoms with Crippen LogP contribution in [-0.2, 0) is 9.59 Å². The second-order valence-electron chi connectivity index (χ2n) is 4.09. The van der Waals surface area contributed by atoms with Gasteiger partial charge in [0.25, 0.3) is 0 Å². The third-order valence-electron chi connectivity index (χ3n) is 2.75. The summed E-state index contributed by atoms with van der Waals surface area (Å²) in [7, 11) is 0. The Bertz CT molecular complexity index is 395. The number of allylic oxidation sites excluding steroid dienone is 6. The largest absolute Gasteiger partial charge is 0.290 e. The summed E-state index contributed by atoms with van der Waals surface area (Å²) in [5.74, 6) is -0.0192. The van der Waals surface area contributed by atoms with Gasteiger partial charge in [-0.2, -0.15) is 0 Å². The van der Waals surface area contributed by atoms with E-state index in [9.17, 15) is 9.59 Å². The molecule has 16 heavy (non-hydrogen) atoms. The van der Waals surface area contributed by atoms with Gasteiger partial charge in [0.05, 0.1) is 0 Å². The van der Waals surface area contributed by atoms with Crippen molar-refractivity contribution in [3.8, 4) is 0 Å². The molecule has 1 aliphatic carbocycles. The maximum absolute atomic E-state index is 11.8. The van der Waals surface area contributed by atoms with Crippen molar-refractivity contribution < 1.29 is 9.59 Å². The molecule has 0 saturated heterocycles. The van der Waals surface area contributed by atoms with Gasteiger partial charge in [0.15, 0.2) is 11.6 Å². The van der Waals surface area contributed by atoms with Crippen molar-refractivity contribution in [3.05, 3.63) is 34.9 Å². The molecule has 0 radical (unpaired) electrons. The van der Waals surface area contributed by atoms with E-state index in [1.807, 2.05) is 6.08 Å². The lowest BCUT2D eigenvalue weighted by Crippen LogP contribution is -2.16. The highest BCUT2D eigenvalue weighted by molar-refractivity contribution is 6.22. The number of ketones is 2. The molecule has 0 aromatic carbocycles. The fraction of sp³-hybridized carbons (Fsp3) is 0.429. The Morgan fingerprint density at radius 3 is 2.50 bits per heavy atom. The van der Waals surface area contributed by atoms with Crippen molar-refractivity contribution in [3.63, 3.8) is 0 Å². The normalized spacial score (nSPS) is 17.3. The lowest BCUT2D eigenvalue weighted by molar-refractivity contribution is -0.115. The highest BCUT2D eigenvalue weighted by Crippen LogP contribution is 2.21. The molecule has 0 spiro atoms. The molecule has 0 unspecified atom stereocenters. The summed E-state index contributed by atoms with van der Waals surface area (Å²) in [6.45, 7) is 5.53. The Kier molecular flexibility index (Phi) is 4.41. The molecule has 2 nitrogen and oxygen atoms in total. The summed E-state index contributed by atoms with van der Waals surface area (Å²) in [6.07, 6.45) is 8.15. The molecule has 0 saturated carbocycles. The predicted molar refractivity (Wildman–Crippen MR) is 65.1 cm³/mol. The van der Waals surface area contributed by atoms with Crippen molar-refractivity contribution in [2.45, 2.75) is 40.0 Å². The van der Waals surface area contributed by atoms with Crippen LogP contribution in [0.2, 0.25) is 0 Å². The maximum atomic E-state index is 11.8. The third-order valence-corrected chi connectivity index (χ3v) is 2.75. The van der Waals surface area contributed by atoms with Gasteiger partial charge in [0, 0.05) is 16.7 Å². The number of carbonyl (C=O) groups is 2. The molecular weight excluding hydrogens is 200 g/mol. The summed E-state index contributed by atoms with van der Waals surface area (Å²) in [5, 5.41) is 0. The van der Waals surface area contributed by atoms with Crippen molar-refractivity contribution in [2.75, 3.05) is 0 Å². The average Bonchev–Trinajstić information content (AvgIpc) is 2.25. The fourth-order valence-electron chi connectivity index (χ4n) is 1.66. The monoisotopic (exact) mass is 218 g/mol. The first kappa shape index (κ1) is 12.6. The van der Waals surface area contributed by atoms with E-state index < -0.39 is 0 Å². The van der Waals surface area contributed by atoms with Crippen LogP contribution in [0, 0.1) is 0 Å². The Hall–Kier alpha value is -1.44. The van der Waals surface area contributed by atoms with Crippen molar-refractivity contribution in [1.82, 2.24) is 0 Å². The van der Waals surface area contributed by atoms with Crippen LogP contribution in [0.1, 0.15) is 40.0 Å². The summed E-state index contributed by atoms with van der Waals surface area (Å²) < 4.78 is 0. The van der Waals surface area contributed by atoms with Crippen molar-refractivity contribution in [1.29, 1.82) is 0 Å². The standard InChI is InChI=1S/C14H18O2/c1-4-5-6-7-8-12-11(3)13(15)9-10(2)14(12)16/h6-7,9H,4-5,8H2,1-3H3/b7-6+. The van der Waals surface area contributed by atoms with E-state index in [4.69, 9.17) is 0 Å². The number of carbonyl (C=O) groups excluding carboxylic acids is 2. The highest BCUT2D eigenvalue weighted by atomic mass is 16.1. The van der Waals surface area contributed by atoms with E-state index in [0.717, 1.165) is 12.8 Å². The molecule has 0 amide bonds. The Morgan fingerprint density at radius 2 is 1.88 bits per heavy atom. The van der Waals surface area contributed by atoms with Crippen LogP contribution in [0.4, 0.5) is 0 Å². The molecule has 86 valence electrons. The van der Waals surface area contributed by atoms with Gasteiger partial charge >= 0.3 is 0 Å². The minimum absolute atomic E-state index is 0.0123. The Labute approximate surface area is 96.7 Å². The van der Waals surface area contributed by atoms with Gasteiger partial charge in [-0.1, -0.05) is 25.5 Å². The smallest absolute Gasteiger partial charge is 0.185 e. The predicted octanol–water partition coefficient (Wildman–Crippen LogP) is 3.15. The average molecular weight is 218 g/mol. The minimum atomic E-state index is -0.0315. The van der Waals surface area contributed by atoms with Gasteiger partial charge < -0.3 is 0 Å². The molecule has 1 rings (SSSR count). The zero-order valence-corrected chi connectivity index (χ0v) is 10.2. The summed E-state index contributed by atoms with van der Waals surface area (Å²) >= 11 is 0. The summed E-state index contributed by atoms with van der Waals surface area (Å²) in [4.78, 5) is 23.4. The first-order valence-corrected chi connectivity index (χ1v) is 5.70. The lowest BCUT2D eigenvalue weighted by Gasteiger charge is -2.13. The van der Waals surface area contributed by atoms with Crippen LogP contribution in [-0.4, -0.2) is 11.6 Å². The van der Waals surface area contributed by atoms with Gasteiger partial charge in [0.2, 0.25) is 0 Å². The number of hydrogen-bond donors (Lipinski definition) is 0. The number of unbranched alkanes of at least 4 members (excludes halogenated alkanes) is 1. The van der Waals surface area contributed by atoms with Crippen LogP contribution in [0.3, 0.4) is 0 Å². The zero-order valence-electron chi connectivity index (χ0n) is 10.2. The molecule has 0 aliphatic heterocycles. The molecule has 0 fully saturated rings. The summed E-state index contributed by atoms with van der Waals surface area (Å²) in [6, 6.07) is 0. The van der Waals surface area contributed by atoms with Crippen molar-refractivity contribution >= 4 is 11.6 Å². The highest BCUT2D eigenvalue weighted by Gasteiger charge is 2.22. The minimum Gasteiger partial charge on any atom is -0.290 e. The lowest BCUT2D eigenvalue weighted by atomic mass is 9.89. The maximum Gasteiger partial charge on any atom is 0.185 e. The van der Waals surface area contributed by atoms with E-state index >= 15 is 0 Å². The third kappa shape index (κ3) is 2.78. The first-order chi connectivity index (χ1) is 7.57. The fourth-order valence-corrected chi connectivity index (χ4v) is 1.66. The van der Waals surface area contributed by atoms with Gasteiger partial charge in [-0.15, -0.1) is 0 Å². The van der Waals surface area contributed by atoms with E-state index in [1.54, 1.807) is 13.8 Å². The number of hydrogen-bond acceptors (Lipinski definition) is 2. The van der Waals surface area contributed by atoms with E-state index in [1.165, 1.54) is 6.08 Å². The molecule has 0 heterocycles. The first-order valence-electron chi connectivity index (χ1n) is 5.70. The molecule has 0 atom stereocenters. The Balaban J connectivity index is 2.81. The molecular formula is C14H18O2. The van der Waals surface area contributed by atoms with E-state index in [0.29, 0.717) is 23.1 Å². The molecule has 0 bridgehead atoms. The molecule has 2 heteroatoms. The molecule has 0 aromatic rings. The summed E-state index contributed by atoms with van der Waals surface area (Å²) in [5.41, 5.74) is 1.79. The van der Waals surface area contributed by atoms with Gasteiger partial charge in [-0.25, -0.2) is 0 Å². The second kappa shape index (κ2) is 5.59. The molecule has 1 aliphatic rings. The second-order valence-corrected chi connectivity index (χ2v) is 4.09. The van der Waals surface area contributed by atoms with Crippen molar-refractivity contribution in [2.24, 2.45) is 0 Å². The quantitative estimate of drug-likeness (QED) is 0.536. The van der Waals surface area contributed by atoms with Gasteiger partial charge in [-0.3, -0.25) is 9.59 Å². The Morgan fingerprint density at radius 1 is 1.19 bits per heavy atom.